The van der Waals surface area contributed by atoms with E-state index in [0.717, 1.165) is 5.56 Å². The molecule has 118 valence electrons. The molecule has 0 atom stereocenters. The summed E-state index contributed by atoms with van der Waals surface area (Å²) in [5.74, 6) is 0. The van der Waals surface area contributed by atoms with Crippen molar-refractivity contribution in [3.05, 3.63) is 59.1 Å². The number of sulfonamides is 1. The first-order valence-electron chi connectivity index (χ1n) is 6.65. The summed E-state index contributed by atoms with van der Waals surface area (Å²) in [7, 11) is -3.61. The van der Waals surface area contributed by atoms with E-state index in [0.29, 0.717) is 11.6 Å². The molecule has 0 heterocycles. The summed E-state index contributed by atoms with van der Waals surface area (Å²) >= 11 is 5.77. The number of hydrogen-bond acceptors (Lipinski definition) is 4. The van der Waals surface area contributed by atoms with Crippen LogP contribution in [0.25, 0.3) is 0 Å². The SMILES string of the molecule is Nc1cc(S(=O)(=O)NCCOCc2ccccc2)ccc1Cl. The van der Waals surface area contributed by atoms with Crippen molar-refractivity contribution in [1.82, 2.24) is 4.72 Å². The van der Waals surface area contributed by atoms with Crippen LogP contribution in [0.15, 0.2) is 53.4 Å². The third kappa shape index (κ3) is 4.71. The minimum atomic E-state index is -3.61. The van der Waals surface area contributed by atoms with Gasteiger partial charge in [-0.1, -0.05) is 41.9 Å². The first kappa shape index (κ1) is 16.8. The summed E-state index contributed by atoms with van der Waals surface area (Å²) in [5, 5.41) is 0.324. The molecule has 2 aromatic carbocycles. The number of benzene rings is 2. The maximum atomic E-state index is 12.1. The molecule has 2 rings (SSSR count). The fourth-order valence-corrected chi connectivity index (χ4v) is 2.95. The highest BCUT2D eigenvalue weighted by Gasteiger charge is 2.14. The maximum Gasteiger partial charge on any atom is 0.240 e. The molecule has 0 fully saturated rings. The summed E-state index contributed by atoms with van der Waals surface area (Å²) in [6, 6.07) is 13.9. The van der Waals surface area contributed by atoms with Crippen LogP contribution in [0.5, 0.6) is 0 Å². The van der Waals surface area contributed by atoms with Gasteiger partial charge >= 0.3 is 0 Å². The van der Waals surface area contributed by atoms with Gasteiger partial charge < -0.3 is 10.5 Å². The van der Waals surface area contributed by atoms with Crippen LogP contribution in [-0.2, 0) is 21.4 Å². The number of hydrogen-bond donors (Lipinski definition) is 2. The molecular weight excluding hydrogens is 324 g/mol. The molecule has 3 N–H and O–H groups in total. The van der Waals surface area contributed by atoms with Gasteiger partial charge in [-0.3, -0.25) is 0 Å². The molecule has 0 bridgehead atoms. The smallest absolute Gasteiger partial charge is 0.240 e. The van der Waals surface area contributed by atoms with Crippen LogP contribution in [0.2, 0.25) is 5.02 Å². The van der Waals surface area contributed by atoms with Gasteiger partial charge in [-0.2, -0.15) is 0 Å². The fourth-order valence-electron chi connectivity index (χ4n) is 1.78. The molecule has 0 aromatic heterocycles. The molecule has 0 saturated heterocycles. The Morgan fingerprint density at radius 2 is 1.86 bits per heavy atom. The highest BCUT2D eigenvalue weighted by Crippen LogP contribution is 2.21. The van der Waals surface area contributed by atoms with Crippen LogP contribution >= 0.6 is 11.6 Å². The van der Waals surface area contributed by atoms with Crippen LogP contribution in [0, 0.1) is 0 Å². The van der Waals surface area contributed by atoms with Crippen molar-refractivity contribution in [3.63, 3.8) is 0 Å². The zero-order valence-corrected chi connectivity index (χ0v) is 13.4. The van der Waals surface area contributed by atoms with E-state index in [-0.39, 0.29) is 23.7 Å². The van der Waals surface area contributed by atoms with Gasteiger partial charge in [0.1, 0.15) is 0 Å². The highest BCUT2D eigenvalue weighted by atomic mass is 35.5. The topological polar surface area (TPSA) is 81.4 Å². The van der Waals surface area contributed by atoms with Gasteiger partial charge in [0, 0.05) is 6.54 Å². The quantitative estimate of drug-likeness (QED) is 0.599. The summed E-state index contributed by atoms with van der Waals surface area (Å²) in [4.78, 5) is 0.0810. The Hall–Kier alpha value is -1.60. The van der Waals surface area contributed by atoms with Gasteiger partial charge in [-0.05, 0) is 23.8 Å². The molecule has 22 heavy (non-hydrogen) atoms. The highest BCUT2D eigenvalue weighted by molar-refractivity contribution is 7.89. The molecule has 0 amide bonds. The number of ether oxygens (including phenoxy) is 1. The van der Waals surface area contributed by atoms with E-state index >= 15 is 0 Å². The molecule has 0 radical (unpaired) electrons. The number of rotatable bonds is 7. The third-order valence-electron chi connectivity index (χ3n) is 2.93. The number of halogens is 1. The van der Waals surface area contributed by atoms with Gasteiger partial charge in [0.15, 0.2) is 0 Å². The number of anilines is 1. The zero-order valence-electron chi connectivity index (χ0n) is 11.8. The molecule has 2 aromatic rings. The second-order valence-electron chi connectivity index (χ2n) is 4.62. The zero-order chi connectivity index (χ0) is 16.0. The van der Waals surface area contributed by atoms with Crippen LogP contribution in [0.4, 0.5) is 5.69 Å². The summed E-state index contributed by atoms with van der Waals surface area (Å²) in [5.41, 5.74) is 6.87. The lowest BCUT2D eigenvalue weighted by Gasteiger charge is -2.08. The monoisotopic (exact) mass is 340 g/mol. The number of nitrogen functional groups attached to an aromatic ring is 1. The van der Waals surface area contributed by atoms with E-state index in [9.17, 15) is 8.42 Å². The molecule has 0 aliphatic carbocycles. The molecule has 0 aliphatic heterocycles. The van der Waals surface area contributed by atoms with Crippen LogP contribution in [0.3, 0.4) is 0 Å². The molecule has 0 saturated carbocycles. The molecule has 0 unspecified atom stereocenters. The molecule has 0 aliphatic rings. The standard InChI is InChI=1S/C15H17ClN2O3S/c16-14-7-6-13(10-15(14)17)22(19,20)18-8-9-21-11-12-4-2-1-3-5-12/h1-7,10,18H,8-9,11,17H2. The van der Waals surface area contributed by atoms with E-state index in [4.69, 9.17) is 22.1 Å². The van der Waals surface area contributed by atoms with Crippen molar-refractivity contribution < 1.29 is 13.2 Å². The van der Waals surface area contributed by atoms with Crippen LogP contribution < -0.4 is 10.5 Å². The van der Waals surface area contributed by atoms with Gasteiger partial charge in [0.25, 0.3) is 0 Å². The Bertz CT molecular complexity index is 721. The van der Waals surface area contributed by atoms with E-state index in [1.165, 1.54) is 18.2 Å². The van der Waals surface area contributed by atoms with Crippen molar-refractivity contribution in [2.24, 2.45) is 0 Å². The third-order valence-corrected chi connectivity index (χ3v) is 4.73. The lowest BCUT2D eigenvalue weighted by Crippen LogP contribution is -2.27. The minimum Gasteiger partial charge on any atom is -0.397 e. The predicted octanol–water partition coefficient (Wildman–Crippen LogP) is 2.42. The van der Waals surface area contributed by atoms with Crippen molar-refractivity contribution in [3.8, 4) is 0 Å². The second kappa shape index (κ2) is 7.60. The van der Waals surface area contributed by atoms with Crippen molar-refractivity contribution >= 4 is 27.3 Å². The van der Waals surface area contributed by atoms with Gasteiger partial charge in [0.2, 0.25) is 10.0 Å². The lowest BCUT2D eigenvalue weighted by molar-refractivity contribution is 0.126. The summed E-state index contributed by atoms with van der Waals surface area (Å²) in [6.45, 7) is 0.894. The maximum absolute atomic E-state index is 12.1. The predicted molar refractivity (Wildman–Crippen MR) is 87.2 cm³/mol. The Morgan fingerprint density at radius 3 is 2.55 bits per heavy atom. The van der Waals surface area contributed by atoms with Gasteiger partial charge in [-0.15, -0.1) is 0 Å². The van der Waals surface area contributed by atoms with Crippen molar-refractivity contribution in [1.29, 1.82) is 0 Å². The van der Waals surface area contributed by atoms with E-state index in [1.54, 1.807) is 0 Å². The average molecular weight is 341 g/mol. The van der Waals surface area contributed by atoms with E-state index in [2.05, 4.69) is 4.72 Å². The first-order valence-corrected chi connectivity index (χ1v) is 8.51. The lowest BCUT2D eigenvalue weighted by atomic mass is 10.2. The van der Waals surface area contributed by atoms with Gasteiger partial charge in [-0.25, -0.2) is 13.1 Å². The van der Waals surface area contributed by atoms with Gasteiger partial charge in [0.05, 0.1) is 28.8 Å². The fraction of sp³-hybridized carbons (Fsp3) is 0.200. The van der Waals surface area contributed by atoms with Crippen LogP contribution in [0.1, 0.15) is 5.56 Å². The first-order chi connectivity index (χ1) is 10.5. The number of nitrogens with two attached hydrogens (primary N) is 1. The molecule has 0 spiro atoms. The Morgan fingerprint density at radius 1 is 1.14 bits per heavy atom. The Kier molecular flexibility index (Phi) is 5.79. The van der Waals surface area contributed by atoms with Crippen molar-refractivity contribution in [2.75, 3.05) is 18.9 Å². The molecule has 5 nitrogen and oxygen atoms in total. The van der Waals surface area contributed by atoms with Crippen molar-refractivity contribution in [2.45, 2.75) is 11.5 Å². The molecule has 7 heteroatoms. The number of nitrogens with one attached hydrogen (secondary N) is 1. The Labute approximate surface area is 135 Å². The van der Waals surface area contributed by atoms with Crippen LogP contribution in [-0.4, -0.2) is 21.6 Å². The summed E-state index contributed by atoms with van der Waals surface area (Å²) in [6.07, 6.45) is 0. The normalized spacial score (nSPS) is 11.5. The molecular formula is C15H17ClN2O3S. The Balaban J connectivity index is 1.81. The van der Waals surface area contributed by atoms with E-state index < -0.39 is 10.0 Å². The van der Waals surface area contributed by atoms with E-state index in [1.807, 2.05) is 30.3 Å². The minimum absolute atomic E-state index is 0.0810. The average Bonchev–Trinajstić information content (AvgIpc) is 2.50. The largest absolute Gasteiger partial charge is 0.397 e. The second-order valence-corrected chi connectivity index (χ2v) is 6.79. The summed E-state index contributed by atoms with van der Waals surface area (Å²) < 4.78 is 32.0.